The summed E-state index contributed by atoms with van der Waals surface area (Å²) in [5, 5.41) is 1.24. The lowest BCUT2D eigenvalue weighted by Gasteiger charge is -2.18. The molecular formula is C16H18Cl2N2. The molecule has 106 valence electrons. The Bertz CT molecular complexity index is 591. The molecule has 2 aromatic carbocycles. The molecular weight excluding hydrogens is 291 g/mol. The van der Waals surface area contributed by atoms with Crippen LogP contribution in [0.15, 0.2) is 36.4 Å². The van der Waals surface area contributed by atoms with Crippen LogP contribution in [0.3, 0.4) is 0 Å². The van der Waals surface area contributed by atoms with E-state index in [-0.39, 0.29) is 6.04 Å². The normalized spacial score (nSPS) is 12.4. The second kappa shape index (κ2) is 6.59. The Morgan fingerprint density at radius 2 is 1.65 bits per heavy atom. The lowest BCUT2D eigenvalue weighted by atomic mass is 9.97. The lowest BCUT2D eigenvalue weighted by Crippen LogP contribution is -2.29. The fraction of sp³-hybridized carbons (Fsp3) is 0.250. The summed E-state index contributed by atoms with van der Waals surface area (Å²) in [5.74, 6) is 5.68. The van der Waals surface area contributed by atoms with Gasteiger partial charge in [-0.2, -0.15) is 0 Å². The molecule has 1 atom stereocenters. The monoisotopic (exact) mass is 308 g/mol. The maximum Gasteiger partial charge on any atom is 0.0501 e. The number of aryl methyl sites for hydroxylation is 2. The van der Waals surface area contributed by atoms with Crippen LogP contribution in [0.2, 0.25) is 10.0 Å². The molecule has 0 aliphatic heterocycles. The molecule has 0 heterocycles. The first-order valence-electron chi connectivity index (χ1n) is 6.48. The number of benzene rings is 2. The van der Waals surface area contributed by atoms with Crippen LogP contribution in [0, 0.1) is 13.8 Å². The Kier molecular flexibility index (Phi) is 5.06. The molecule has 2 nitrogen and oxygen atoms in total. The van der Waals surface area contributed by atoms with Crippen molar-refractivity contribution in [3.05, 3.63) is 68.7 Å². The van der Waals surface area contributed by atoms with Crippen molar-refractivity contribution in [2.24, 2.45) is 5.84 Å². The zero-order valence-corrected chi connectivity index (χ0v) is 13.1. The summed E-state index contributed by atoms with van der Waals surface area (Å²) in [5.41, 5.74) is 7.62. The van der Waals surface area contributed by atoms with Crippen LogP contribution < -0.4 is 11.3 Å². The summed E-state index contributed by atoms with van der Waals surface area (Å²) in [6.45, 7) is 4.22. The fourth-order valence-electron chi connectivity index (χ4n) is 2.22. The molecule has 0 saturated carbocycles. The van der Waals surface area contributed by atoms with E-state index in [0.717, 1.165) is 12.0 Å². The first-order chi connectivity index (χ1) is 9.49. The highest BCUT2D eigenvalue weighted by Crippen LogP contribution is 2.26. The average Bonchev–Trinajstić information content (AvgIpc) is 2.38. The second-order valence-electron chi connectivity index (χ2n) is 5.04. The number of hydrogen-bond donors (Lipinski definition) is 2. The van der Waals surface area contributed by atoms with E-state index in [1.165, 1.54) is 16.7 Å². The van der Waals surface area contributed by atoms with Gasteiger partial charge in [-0.15, -0.1) is 0 Å². The van der Waals surface area contributed by atoms with E-state index >= 15 is 0 Å². The summed E-state index contributed by atoms with van der Waals surface area (Å²) in [4.78, 5) is 0. The number of hydrazine groups is 1. The largest absolute Gasteiger partial charge is 0.271 e. The molecule has 0 aliphatic carbocycles. The smallest absolute Gasteiger partial charge is 0.0501 e. The van der Waals surface area contributed by atoms with Gasteiger partial charge in [0.05, 0.1) is 6.04 Å². The van der Waals surface area contributed by atoms with E-state index in [2.05, 4.69) is 37.5 Å². The van der Waals surface area contributed by atoms with Crippen LogP contribution >= 0.6 is 23.2 Å². The summed E-state index contributed by atoms with van der Waals surface area (Å²) in [7, 11) is 0. The SMILES string of the molecule is Cc1ccc(CC(NN)c2cc(Cl)cc(Cl)c2)cc1C. The first-order valence-corrected chi connectivity index (χ1v) is 7.23. The molecule has 2 aromatic rings. The highest BCUT2D eigenvalue weighted by atomic mass is 35.5. The van der Waals surface area contributed by atoms with Crippen molar-refractivity contribution in [3.63, 3.8) is 0 Å². The van der Waals surface area contributed by atoms with Gasteiger partial charge < -0.3 is 0 Å². The molecule has 3 N–H and O–H groups in total. The third-order valence-corrected chi connectivity index (χ3v) is 3.94. The minimum atomic E-state index is -0.0201. The molecule has 4 heteroatoms. The van der Waals surface area contributed by atoms with Gasteiger partial charge in [0, 0.05) is 10.0 Å². The maximum absolute atomic E-state index is 6.05. The van der Waals surface area contributed by atoms with Crippen molar-refractivity contribution in [2.75, 3.05) is 0 Å². The molecule has 1 unspecified atom stereocenters. The molecule has 0 aliphatic rings. The molecule has 0 radical (unpaired) electrons. The number of nitrogens with two attached hydrogens (primary N) is 1. The van der Waals surface area contributed by atoms with Crippen molar-refractivity contribution < 1.29 is 0 Å². The van der Waals surface area contributed by atoms with Crippen LogP contribution in [0.1, 0.15) is 28.3 Å². The van der Waals surface area contributed by atoms with Gasteiger partial charge in [0.15, 0.2) is 0 Å². The summed E-state index contributed by atoms with van der Waals surface area (Å²) >= 11 is 12.1. The van der Waals surface area contributed by atoms with Gasteiger partial charge in [-0.1, -0.05) is 41.4 Å². The van der Waals surface area contributed by atoms with Crippen molar-refractivity contribution in [1.82, 2.24) is 5.43 Å². The van der Waals surface area contributed by atoms with E-state index in [1.807, 2.05) is 12.1 Å². The van der Waals surface area contributed by atoms with E-state index in [4.69, 9.17) is 29.0 Å². The average molecular weight is 309 g/mol. The van der Waals surface area contributed by atoms with Gasteiger partial charge in [-0.05, 0) is 60.7 Å². The molecule has 0 fully saturated rings. The molecule has 0 bridgehead atoms. The van der Waals surface area contributed by atoms with Gasteiger partial charge in [0.25, 0.3) is 0 Å². The molecule has 0 saturated heterocycles. The summed E-state index contributed by atoms with van der Waals surface area (Å²) < 4.78 is 0. The predicted octanol–water partition coefficient (Wildman–Crippen LogP) is 4.36. The van der Waals surface area contributed by atoms with Crippen LogP contribution in [0.5, 0.6) is 0 Å². The van der Waals surface area contributed by atoms with Crippen LogP contribution in [0.25, 0.3) is 0 Å². The summed E-state index contributed by atoms with van der Waals surface area (Å²) in [6, 6.07) is 11.9. The third-order valence-electron chi connectivity index (χ3n) is 3.50. The van der Waals surface area contributed by atoms with Gasteiger partial charge in [-0.3, -0.25) is 11.3 Å². The fourth-order valence-corrected chi connectivity index (χ4v) is 2.76. The van der Waals surface area contributed by atoms with Gasteiger partial charge in [-0.25, -0.2) is 0 Å². The highest BCUT2D eigenvalue weighted by Gasteiger charge is 2.12. The van der Waals surface area contributed by atoms with Crippen molar-refractivity contribution in [2.45, 2.75) is 26.3 Å². The van der Waals surface area contributed by atoms with E-state index in [0.29, 0.717) is 10.0 Å². The zero-order chi connectivity index (χ0) is 14.7. The maximum atomic E-state index is 6.05. The van der Waals surface area contributed by atoms with E-state index < -0.39 is 0 Å². The minimum Gasteiger partial charge on any atom is -0.271 e. The first kappa shape index (κ1) is 15.3. The van der Waals surface area contributed by atoms with E-state index in [9.17, 15) is 0 Å². The number of hydrogen-bond acceptors (Lipinski definition) is 2. The summed E-state index contributed by atoms with van der Waals surface area (Å²) in [6.07, 6.45) is 0.786. The topological polar surface area (TPSA) is 38.0 Å². The number of halogens is 2. The van der Waals surface area contributed by atoms with Gasteiger partial charge in [0.2, 0.25) is 0 Å². The lowest BCUT2D eigenvalue weighted by molar-refractivity contribution is 0.552. The predicted molar refractivity (Wildman–Crippen MR) is 86.1 cm³/mol. The molecule has 0 aromatic heterocycles. The highest BCUT2D eigenvalue weighted by molar-refractivity contribution is 6.34. The second-order valence-corrected chi connectivity index (χ2v) is 5.92. The standard InChI is InChI=1S/C16H18Cl2N2/c1-10-3-4-12(5-11(10)2)6-16(20-19)13-7-14(17)9-15(18)8-13/h3-5,7-9,16,20H,6,19H2,1-2H3. The Hall–Kier alpha value is -1.06. The van der Waals surface area contributed by atoms with Crippen LogP contribution in [-0.2, 0) is 6.42 Å². The van der Waals surface area contributed by atoms with Crippen molar-refractivity contribution in [3.8, 4) is 0 Å². The zero-order valence-electron chi connectivity index (χ0n) is 11.6. The van der Waals surface area contributed by atoms with Crippen LogP contribution in [0.4, 0.5) is 0 Å². The van der Waals surface area contributed by atoms with Crippen molar-refractivity contribution in [1.29, 1.82) is 0 Å². The minimum absolute atomic E-state index is 0.0201. The molecule has 0 spiro atoms. The number of rotatable bonds is 4. The van der Waals surface area contributed by atoms with Crippen molar-refractivity contribution >= 4 is 23.2 Å². The molecule has 20 heavy (non-hydrogen) atoms. The quantitative estimate of drug-likeness (QED) is 0.650. The Balaban J connectivity index is 2.26. The molecule has 0 amide bonds. The van der Waals surface area contributed by atoms with Crippen LogP contribution in [-0.4, -0.2) is 0 Å². The van der Waals surface area contributed by atoms with Gasteiger partial charge >= 0.3 is 0 Å². The Labute approximate surface area is 129 Å². The number of nitrogens with one attached hydrogen (secondary N) is 1. The Morgan fingerprint density at radius 3 is 2.20 bits per heavy atom. The Morgan fingerprint density at radius 1 is 1.00 bits per heavy atom. The van der Waals surface area contributed by atoms with E-state index in [1.54, 1.807) is 6.07 Å². The van der Waals surface area contributed by atoms with Gasteiger partial charge in [0.1, 0.15) is 0 Å². The third kappa shape index (κ3) is 3.74. The molecule has 2 rings (SSSR count).